The molecule has 3 aromatic rings. The molecule has 2 aromatic heterocycles. The number of benzene rings is 1. The van der Waals surface area contributed by atoms with Crippen molar-refractivity contribution in [3.8, 4) is 5.95 Å². The van der Waals surface area contributed by atoms with Crippen molar-refractivity contribution in [2.24, 2.45) is 0 Å². The van der Waals surface area contributed by atoms with Gasteiger partial charge in [-0.25, -0.2) is 4.39 Å². The zero-order chi connectivity index (χ0) is 27.0. The highest BCUT2D eigenvalue weighted by molar-refractivity contribution is 5.84. The number of piperidine rings is 2. The molecule has 204 valence electrons. The number of aliphatic hydroxyl groups is 1. The van der Waals surface area contributed by atoms with E-state index in [1.54, 1.807) is 30.9 Å². The number of halogens is 1. The van der Waals surface area contributed by atoms with E-state index >= 15 is 0 Å². The lowest BCUT2D eigenvalue weighted by atomic mass is 9.93. The maximum atomic E-state index is 14.8. The van der Waals surface area contributed by atoms with Crippen LogP contribution in [0.5, 0.6) is 0 Å². The van der Waals surface area contributed by atoms with Crippen molar-refractivity contribution in [3.05, 3.63) is 35.6 Å². The van der Waals surface area contributed by atoms with Gasteiger partial charge in [0.15, 0.2) is 6.61 Å². The van der Waals surface area contributed by atoms with E-state index in [-0.39, 0.29) is 29.9 Å². The highest BCUT2D eigenvalue weighted by Gasteiger charge is 2.33. The Balaban J connectivity index is 1.21. The fourth-order valence-electron chi connectivity index (χ4n) is 5.45. The van der Waals surface area contributed by atoms with Gasteiger partial charge in [0.2, 0.25) is 5.89 Å². The van der Waals surface area contributed by atoms with Crippen LogP contribution < -0.4 is 0 Å². The van der Waals surface area contributed by atoms with E-state index in [9.17, 15) is 19.1 Å². The standard InChI is InChI=1S/C26H33FN6O5/c1-16(34)37-15-21(35)32-13-9-18(10-14-32)31-11-7-17(8-12-31)24-28-25(30-38-24)33-22-19(5-4-6-20(22)27)23(29-33)26(2,3)36/h4-6,17-18,36H,7-15H2,1-3H3. The summed E-state index contributed by atoms with van der Waals surface area (Å²) in [6, 6.07) is 5.03. The highest BCUT2D eigenvalue weighted by atomic mass is 19.1. The Hall–Kier alpha value is -3.38. The Labute approximate surface area is 219 Å². The molecule has 0 spiro atoms. The van der Waals surface area contributed by atoms with Gasteiger partial charge in [-0.1, -0.05) is 12.1 Å². The highest BCUT2D eigenvalue weighted by Crippen LogP contribution is 2.33. The first-order valence-electron chi connectivity index (χ1n) is 13.0. The largest absolute Gasteiger partial charge is 0.456 e. The second-order valence-electron chi connectivity index (χ2n) is 10.6. The van der Waals surface area contributed by atoms with Crippen molar-refractivity contribution >= 4 is 22.8 Å². The smallest absolute Gasteiger partial charge is 0.303 e. The van der Waals surface area contributed by atoms with Crippen LogP contribution in [0.15, 0.2) is 22.7 Å². The molecule has 0 aliphatic carbocycles. The maximum absolute atomic E-state index is 14.8. The van der Waals surface area contributed by atoms with Gasteiger partial charge >= 0.3 is 5.97 Å². The van der Waals surface area contributed by atoms with Gasteiger partial charge < -0.3 is 24.2 Å². The predicted molar refractivity (Wildman–Crippen MR) is 134 cm³/mol. The molecule has 0 atom stereocenters. The number of likely N-dealkylation sites (tertiary alicyclic amines) is 2. The van der Waals surface area contributed by atoms with Crippen molar-refractivity contribution in [2.45, 2.75) is 64.0 Å². The minimum atomic E-state index is -1.28. The van der Waals surface area contributed by atoms with Crippen molar-refractivity contribution in [1.82, 2.24) is 29.7 Å². The molecule has 1 amide bonds. The molecular weight excluding hydrogens is 495 g/mol. The average Bonchev–Trinajstić information content (AvgIpc) is 3.53. The third-order valence-corrected chi connectivity index (χ3v) is 7.46. The van der Waals surface area contributed by atoms with Crippen LogP contribution in [0.2, 0.25) is 0 Å². The minimum Gasteiger partial charge on any atom is -0.456 e. The molecule has 1 aromatic carbocycles. The summed E-state index contributed by atoms with van der Waals surface area (Å²) in [4.78, 5) is 31.9. The molecule has 11 nitrogen and oxygen atoms in total. The number of amides is 1. The fraction of sp³-hybridized carbons (Fsp3) is 0.577. The second-order valence-corrected chi connectivity index (χ2v) is 10.6. The molecule has 0 radical (unpaired) electrons. The quantitative estimate of drug-likeness (QED) is 0.480. The molecule has 0 unspecified atom stereocenters. The third-order valence-electron chi connectivity index (χ3n) is 7.46. The van der Waals surface area contributed by atoms with E-state index < -0.39 is 17.4 Å². The number of fused-ring (bicyclic) bond motifs is 1. The Bertz CT molecular complexity index is 1320. The number of ether oxygens (including phenoxy) is 1. The number of aromatic nitrogens is 4. The first-order chi connectivity index (χ1) is 18.1. The molecule has 2 aliphatic heterocycles. The van der Waals surface area contributed by atoms with Crippen LogP contribution in [0.4, 0.5) is 4.39 Å². The number of esters is 1. The van der Waals surface area contributed by atoms with Crippen LogP contribution in [0, 0.1) is 5.82 Å². The molecule has 2 saturated heterocycles. The van der Waals surface area contributed by atoms with Gasteiger partial charge in [0, 0.05) is 37.4 Å². The van der Waals surface area contributed by atoms with Crippen LogP contribution in [0.3, 0.4) is 0 Å². The monoisotopic (exact) mass is 528 g/mol. The summed E-state index contributed by atoms with van der Waals surface area (Å²) in [5.41, 5.74) is -0.738. The molecule has 12 heteroatoms. The van der Waals surface area contributed by atoms with Crippen molar-refractivity contribution in [1.29, 1.82) is 0 Å². The van der Waals surface area contributed by atoms with Crippen molar-refractivity contribution < 1.29 is 28.3 Å². The Morgan fingerprint density at radius 3 is 2.53 bits per heavy atom. The summed E-state index contributed by atoms with van der Waals surface area (Å²) >= 11 is 0. The summed E-state index contributed by atoms with van der Waals surface area (Å²) in [6.07, 6.45) is 3.44. The number of carbonyl (C=O) groups is 2. The van der Waals surface area contributed by atoms with E-state index in [0.29, 0.717) is 36.1 Å². The summed E-state index contributed by atoms with van der Waals surface area (Å²) in [6.45, 7) is 7.35. The average molecular weight is 529 g/mol. The molecule has 0 bridgehead atoms. The molecule has 5 rings (SSSR count). The number of hydrogen-bond acceptors (Lipinski definition) is 9. The molecule has 1 N–H and O–H groups in total. The number of hydrogen-bond donors (Lipinski definition) is 1. The lowest BCUT2D eigenvalue weighted by molar-refractivity contribution is -0.151. The normalized spacial score (nSPS) is 18.3. The van der Waals surface area contributed by atoms with E-state index in [1.807, 2.05) is 0 Å². The zero-order valence-corrected chi connectivity index (χ0v) is 21.9. The second kappa shape index (κ2) is 10.4. The maximum Gasteiger partial charge on any atom is 0.303 e. The first kappa shape index (κ1) is 26.2. The van der Waals surface area contributed by atoms with Gasteiger partial charge in [-0.15, -0.1) is 0 Å². The van der Waals surface area contributed by atoms with E-state index in [0.717, 1.165) is 38.8 Å². The van der Waals surface area contributed by atoms with Gasteiger partial charge in [-0.2, -0.15) is 14.8 Å². The lowest BCUT2D eigenvalue weighted by Gasteiger charge is -2.41. The van der Waals surface area contributed by atoms with E-state index in [4.69, 9.17) is 9.26 Å². The lowest BCUT2D eigenvalue weighted by Crippen LogP contribution is -2.49. The molecule has 2 aliphatic rings. The van der Waals surface area contributed by atoms with Crippen LogP contribution in [0.1, 0.15) is 64.0 Å². The summed E-state index contributed by atoms with van der Waals surface area (Å²) in [5.74, 6) is -0.366. The topological polar surface area (TPSA) is 127 Å². The van der Waals surface area contributed by atoms with Crippen molar-refractivity contribution in [3.63, 3.8) is 0 Å². The molecule has 4 heterocycles. The number of nitrogens with zero attached hydrogens (tertiary/aromatic N) is 6. The van der Waals surface area contributed by atoms with E-state index in [1.165, 1.54) is 17.7 Å². The minimum absolute atomic E-state index is 0.0818. The van der Waals surface area contributed by atoms with Gasteiger partial charge in [0.25, 0.3) is 11.9 Å². The van der Waals surface area contributed by atoms with Crippen LogP contribution >= 0.6 is 0 Å². The molecule has 38 heavy (non-hydrogen) atoms. The van der Waals surface area contributed by atoms with Gasteiger partial charge in [0.05, 0.1) is 0 Å². The van der Waals surface area contributed by atoms with Crippen LogP contribution in [-0.2, 0) is 19.9 Å². The Kier molecular flexibility index (Phi) is 7.19. The summed E-state index contributed by atoms with van der Waals surface area (Å²) < 4.78 is 26.5. The van der Waals surface area contributed by atoms with E-state index in [2.05, 4.69) is 20.1 Å². The summed E-state index contributed by atoms with van der Waals surface area (Å²) in [5, 5.41) is 19.6. The van der Waals surface area contributed by atoms with Crippen molar-refractivity contribution in [2.75, 3.05) is 32.8 Å². The summed E-state index contributed by atoms with van der Waals surface area (Å²) in [7, 11) is 0. The number of carbonyl (C=O) groups excluding carboxylic acids is 2. The Morgan fingerprint density at radius 1 is 1.16 bits per heavy atom. The predicted octanol–water partition coefficient (Wildman–Crippen LogP) is 2.51. The number of rotatable bonds is 6. The SMILES string of the molecule is CC(=O)OCC(=O)N1CCC(N2CCC(c3nc(-n4nc(C(C)(C)O)c5cccc(F)c54)no3)CC2)CC1. The first-order valence-corrected chi connectivity index (χ1v) is 13.0. The fourth-order valence-corrected chi connectivity index (χ4v) is 5.45. The van der Waals surface area contributed by atoms with Crippen LogP contribution in [-0.4, -0.2) is 85.5 Å². The number of para-hydroxylation sites is 1. The zero-order valence-electron chi connectivity index (χ0n) is 21.9. The Morgan fingerprint density at radius 2 is 1.87 bits per heavy atom. The van der Waals surface area contributed by atoms with Crippen LogP contribution in [0.25, 0.3) is 16.9 Å². The third kappa shape index (κ3) is 5.28. The van der Waals surface area contributed by atoms with Gasteiger partial charge in [-0.05, 0) is 63.8 Å². The molecular formula is C26H33FN6O5. The van der Waals surface area contributed by atoms with Gasteiger partial charge in [-0.3, -0.25) is 9.59 Å². The van der Waals surface area contributed by atoms with Gasteiger partial charge in [0.1, 0.15) is 22.6 Å². The molecule has 0 saturated carbocycles. The molecule has 2 fully saturated rings.